The number of benzene rings is 1. The number of hydrogen-bond donors (Lipinski definition) is 1. The van der Waals surface area contributed by atoms with Crippen LogP contribution in [0.15, 0.2) is 52.0 Å². The Morgan fingerprint density at radius 2 is 1.88 bits per heavy atom. The Hall–Kier alpha value is -2.30. The van der Waals surface area contributed by atoms with Gasteiger partial charge in [0.05, 0.1) is 10.6 Å². The summed E-state index contributed by atoms with van der Waals surface area (Å²) in [6, 6.07) is 9.48. The van der Waals surface area contributed by atoms with Crippen molar-refractivity contribution in [3.05, 3.63) is 52.5 Å². The number of aromatic nitrogens is 2. The van der Waals surface area contributed by atoms with E-state index in [-0.39, 0.29) is 5.69 Å². The van der Waals surface area contributed by atoms with E-state index in [4.69, 9.17) is 29.6 Å². The molecule has 0 fully saturated rings. The SMILES string of the molecule is NC(=S)n1nc(-c2cccs2)c(N=Nc2ccc(Cl)cc2)c1C(F)(F)F. The van der Waals surface area contributed by atoms with Crippen molar-refractivity contribution in [2.45, 2.75) is 6.18 Å². The summed E-state index contributed by atoms with van der Waals surface area (Å²) < 4.78 is 41.3. The molecule has 0 spiro atoms. The zero-order chi connectivity index (χ0) is 18.9. The topological polar surface area (TPSA) is 68.6 Å². The number of rotatable bonds is 3. The van der Waals surface area contributed by atoms with Crippen LogP contribution in [0.3, 0.4) is 0 Å². The van der Waals surface area contributed by atoms with E-state index in [9.17, 15) is 13.2 Å². The van der Waals surface area contributed by atoms with Crippen molar-refractivity contribution in [1.82, 2.24) is 9.78 Å². The highest BCUT2D eigenvalue weighted by Crippen LogP contribution is 2.43. The third kappa shape index (κ3) is 3.76. The Labute approximate surface area is 159 Å². The lowest BCUT2D eigenvalue weighted by Gasteiger charge is -2.08. The van der Waals surface area contributed by atoms with Crippen LogP contribution in [0.5, 0.6) is 0 Å². The van der Waals surface area contributed by atoms with Crippen molar-refractivity contribution >= 4 is 51.6 Å². The molecule has 5 nitrogen and oxygen atoms in total. The summed E-state index contributed by atoms with van der Waals surface area (Å²) in [6.07, 6.45) is -4.78. The predicted octanol–water partition coefficient (Wildman–Crippen LogP) is 5.79. The van der Waals surface area contributed by atoms with Crippen molar-refractivity contribution in [2.75, 3.05) is 0 Å². The number of nitrogens with zero attached hydrogens (tertiary/aromatic N) is 4. The zero-order valence-corrected chi connectivity index (χ0v) is 15.1. The summed E-state index contributed by atoms with van der Waals surface area (Å²) >= 11 is 11.7. The van der Waals surface area contributed by atoms with Crippen LogP contribution >= 0.6 is 35.2 Å². The van der Waals surface area contributed by atoms with Crippen LogP contribution in [-0.4, -0.2) is 14.9 Å². The van der Waals surface area contributed by atoms with E-state index < -0.39 is 22.7 Å². The van der Waals surface area contributed by atoms with Crippen molar-refractivity contribution in [2.24, 2.45) is 16.0 Å². The fourth-order valence-corrected chi connectivity index (χ4v) is 3.08. The fourth-order valence-electron chi connectivity index (χ4n) is 2.11. The molecule has 11 heteroatoms. The van der Waals surface area contributed by atoms with Gasteiger partial charge in [-0.25, -0.2) is 0 Å². The van der Waals surface area contributed by atoms with Crippen LogP contribution in [0.25, 0.3) is 10.6 Å². The van der Waals surface area contributed by atoms with Crippen LogP contribution in [-0.2, 0) is 6.18 Å². The van der Waals surface area contributed by atoms with Gasteiger partial charge in [-0.15, -0.1) is 16.5 Å². The molecule has 0 saturated heterocycles. The number of alkyl halides is 3. The molecule has 26 heavy (non-hydrogen) atoms. The maximum atomic E-state index is 13.6. The highest BCUT2D eigenvalue weighted by Gasteiger charge is 2.41. The Kier molecular flexibility index (Phi) is 5.08. The third-order valence-electron chi connectivity index (χ3n) is 3.18. The minimum atomic E-state index is -4.78. The highest BCUT2D eigenvalue weighted by atomic mass is 35.5. The van der Waals surface area contributed by atoms with Crippen molar-refractivity contribution in [1.29, 1.82) is 0 Å². The lowest BCUT2D eigenvalue weighted by Crippen LogP contribution is -2.26. The third-order valence-corrected chi connectivity index (χ3v) is 4.49. The van der Waals surface area contributed by atoms with Gasteiger partial charge in [0.15, 0.2) is 10.8 Å². The van der Waals surface area contributed by atoms with Gasteiger partial charge < -0.3 is 5.73 Å². The zero-order valence-electron chi connectivity index (χ0n) is 12.7. The minimum absolute atomic E-state index is 0.00200. The molecule has 2 N–H and O–H groups in total. The Balaban J connectivity index is 2.20. The van der Waals surface area contributed by atoms with Gasteiger partial charge in [0, 0.05) is 5.02 Å². The molecule has 0 unspecified atom stereocenters. The first kappa shape index (κ1) is 18.5. The summed E-state index contributed by atoms with van der Waals surface area (Å²) in [5.41, 5.74) is 4.12. The number of nitrogens with two attached hydrogens (primary N) is 1. The number of thiophene rings is 1. The van der Waals surface area contributed by atoms with E-state index in [1.165, 1.54) is 23.5 Å². The standard InChI is InChI=1S/C15H9ClF3N5S2/c16-8-3-5-9(6-4-8)21-22-12-11(10-2-1-7-26-10)23-24(14(20)25)13(12)15(17,18)19/h1-7H,(H2,20,25). The quantitative estimate of drug-likeness (QED) is 0.434. The fraction of sp³-hybridized carbons (Fsp3) is 0.0667. The van der Waals surface area contributed by atoms with Crippen LogP contribution in [0.2, 0.25) is 5.02 Å². The number of thiocarbonyl (C=S) groups is 1. The first-order chi connectivity index (χ1) is 12.3. The molecule has 0 amide bonds. The molecule has 2 aromatic heterocycles. The van der Waals surface area contributed by atoms with E-state index in [2.05, 4.69) is 15.3 Å². The summed E-state index contributed by atoms with van der Waals surface area (Å²) in [5, 5.41) is 13.2. The average Bonchev–Trinajstić information content (AvgIpc) is 3.21. The van der Waals surface area contributed by atoms with E-state index >= 15 is 0 Å². The van der Waals surface area contributed by atoms with Gasteiger partial charge in [-0.05, 0) is 47.9 Å². The highest BCUT2D eigenvalue weighted by molar-refractivity contribution is 7.80. The molecule has 0 radical (unpaired) electrons. The molecule has 2 heterocycles. The second-order valence-electron chi connectivity index (χ2n) is 4.95. The lowest BCUT2D eigenvalue weighted by molar-refractivity contribution is -0.141. The summed E-state index contributed by atoms with van der Waals surface area (Å²) in [4.78, 5) is 0.482. The first-order valence-corrected chi connectivity index (χ1v) is 8.65. The maximum absolute atomic E-state index is 13.6. The Morgan fingerprint density at radius 1 is 1.19 bits per heavy atom. The van der Waals surface area contributed by atoms with Gasteiger partial charge in [-0.2, -0.15) is 28.1 Å². The molecule has 0 atom stereocenters. The summed E-state index contributed by atoms with van der Waals surface area (Å²) in [6.45, 7) is 0. The predicted molar refractivity (Wildman–Crippen MR) is 98.4 cm³/mol. The van der Waals surface area contributed by atoms with Crippen molar-refractivity contribution in [3.8, 4) is 10.6 Å². The first-order valence-electron chi connectivity index (χ1n) is 6.98. The molecule has 0 saturated carbocycles. The molecular formula is C15H9ClF3N5S2. The molecule has 1 aromatic carbocycles. The van der Waals surface area contributed by atoms with E-state index in [1.807, 2.05) is 0 Å². The normalized spacial score (nSPS) is 12.0. The largest absolute Gasteiger partial charge is 0.435 e. The average molecular weight is 416 g/mol. The molecule has 3 rings (SSSR count). The number of halogens is 4. The van der Waals surface area contributed by atoms with Gasteiger partial charge in [0.2, 0.25) is 0 Å². The van der Waals surface area contributed by atoms with E-state index in [0.717, 1.165) is 0 Å². The molecular weight excluding hydrogens is 407 g/mol. The van der Waals surface area contributed by atoms with Crippen LogP contribution in [0, 0.1) is 0 Å². The van der Waals surface area contributed by atoms with Gasteiger partial charge in [-0.3, -0.25) is 0 Å². The lowest BCUT2D eigenvalue weighted by atomic mass is 10.2. The smallest absolute Gasteiger partial charge is 0.374 e. The molecule has 134 valence electrons. The van der Waals surface area contributed by atoms with Gasteiger partial charge in [0.25, 0.3) is 0 Å². The van der Waals surface area contributed by atoms with Crippen LogP contribution in [0.1, 0.15) is 5.69 Å². The maximum Gasteiger partial charge on any atom is 0.435 e. The van der Waals surface area contributed by atoms with Gasteiger partial charge >= 0.3 is 6.18 Å². The second kappa shape index (κ2) is 7.14. The van der Waals surface area contributed by atoms with Gasteiger partial charge in [-0.1, -0.05) is 17.7 Å². The van der Waals surface area contributed by atoms with E-state index in [1.54, 1.807) is 29.6 Å². The molecule has 3 aromatic rings. The van der Waals surface area contributed by atoms with Crippen LogP contribution in [0.4, 0.5) is 24.5 Å². The van der Waals surface area contributed by atoms with Crippen molar-refractivity contribution < 1.29 is 13.2 Å². The number of hydrogen-bond acceptors (Lipinski definition) is 5. The minimum Gasteiger partial charge on any atom is -0.374 e. The summed E-state index contributed by atoms with van der Waals surface area (Å²) in [7, 11) is 0. The Bertz CT molecular complexity index is 963. The van der Waals surface area contributed by atoms with Crippen LogP contribution < -0.4 is 5.73 Å². The molecule has 0 aliphatic rings. The summed E-state index contributed by atoms with van der Waals surface area (Å²) in [5.74, 6) is 0. The molecule has 0 aliphatic heterocycles. The Morgan fingerprint density at radius 3 is 2.42 bits per heavy atom. The second-order valence-corrected chi connectivity index (χ2v) is 6.75. The molecule has 0 bridgehead atoms. The number of azo groups is 1. The van der Waals surface area contributed by atoms with Crippen molar-refractivity contribution in [3.63, 3.8) is 0 Å². The molecule has 0 aliphatic carbocycles. The van der Waals surface area contributed by atoms with E-state index in [0.29, 0.717) is 20.3 Å². The monoisotopic (exact) mass is 415 g/mol. The van der Waals surface area contributed by atoms with Gasteiger partial charge in [0.1, 0.15) is 11.4 Å².